The summed E-state index contributed by atoms with van der Waals surface area (Å²) in [6.07, 6.45) is 0. The number of rotatable bonds is 4. The highest BCUT2D eigenvalue weighted by Crippen LogP contribution is 2.41. The lowest BCUT2D eigenvalue weighted by Gasteiger charge is -2.38. The van der Waals surface area contributed by atoms with E-state index >= 15 is 0 Å². The normalized spacial score (nSPS) is 17.2. The summed E-state index contributed by atoms with van der Waals surface area (Å²) in [6, 6.07) is 3.73. The monoisotopic (exact) mass is 239 g/mol. The van der Waals surface area contributed by atoms with Crippen LogP contribution in [0.2, 0.25) is 0 Å². The van der Waals surface area contributed by atoms with Crippen LogP contribution in [0.25, 0.3) is 0 Å². The van der Waals surface area contributed by atoms with Gasteiger partial charge in [-0.25, -0.2) is 0 Å². The highest BCUT2D eigenvalue weighted by Gasteiger charge is 2.37. The standard InChI is InChI=1S/C12H17NO4/c1-14-9-4-8(12(13)6-17-7-12)5-10(15-2)11(9)16-3/h4-5H,6-7,13H2,1-3H3. The van der Waals surface area contributed by atoms with Gasteiger partial charge >= 0.3 is 0 Å². The van der Waals surface area contributed by atoms with Crippen molar-refractivity contribution in [3.63, 3.8) is 0 Å². The molecule has 0 aliphatic carbocycles. The summed E-state index contributed by atoms with van der Waals surface area (Å²) in [5, 5.41) is 0. The van der Waals surface area contributed by atoms with Gasteiger partial charge < -0.3 is 24.7 Å². The van der Waals surface area contributed by atoms with E-state index in [1.54, 1.807) is 21.3 Å². The zero-order valence-corrected chi connectivity index (χ0v) is 10.3. The Bertz CT molecular complexity index is 390. The molecular weight excluding hydrogens is 222 g/mol. The van der Waals surface area contributed by atoms with Gasteiger partial charge in [0.2, 0.25) is 5.75 Å². The molecule has 2 N–H and O–H groups in total. The van der Waals surface area contributed by atoms with E-state index in [4.69, 9.17) is 24.7 Å². The highest BCUT2D eigenvalue weighted by atomic mass is 16.5. The molecule has 0 aromatic heterocycles. The third-order valence-corrected chi connectivity index (χ3v) is 2.96. The van der Waals surface area contributed by atoms with Crippen LogP contribution in [0.1, 0.15) is 5.56 Å². The van der Waals surface area contributed by atoms with Gasteiger partial charge in [-0.3, -0.25) is 0 Å². The maximum atomic E-state index is 6.19. The molecule has 1 fully saturated rings. The van der Waals surface area contributed by atoms with Gasteiger partial charge in [0.1, 0.15) is 0 Å². The second kappa shape index (κ2) is 4.43. The van der Waals surface area contributed by atoms with Crippen molar-refractivity contribution in [3.05, 3.63) is 17.7 Å². The van der Waals surface area contributed by atoms with Gasteiger partial charge in [-0.1, -0.05) is 0 Å². The van der Waals surface area contributed by atoms with Gasteiger partial charge in [0.25, 0.3) is 0 Å². The van der Waals surface area contributed by atoms with Crippen LogP contribution in [0, 0.1) is 0 Å². The summed E-state index contributed by atoms with van der Waals surface area (Å²) in [7, 11) is 4.74. The zero-order chi connectivity index (χ0) is 12.5. The molecule has 0 spiro atoms. The predicted molar refractivity (Wildman–Crippen MR) is 62.8 cm³/mol. The maximum absolute atomic E-state index is 6.19. The Morgan fingerprint density at radius 2 is 1.59 bits per heavy atom. The molecule has 2 rings (SSSR count). The molecule has 5 nitrogen and oxygen atoms in total. The van der Waals surface area contributed by atoms with Crippen molar-refractivity contribution in [3.8, 4) is 17.2 Å². The molecule has 1 aromatic rings. The van der Waals surface area contributed by atoms with E-state index in [9.17, 15) is 0 Å². The first kappa shape index (κ1) is 12.0. The van der Waals surface area contributed by atoms with Crippen molar-refractivity contribution in [2.75, 3.05) is 34.5 Å². The third kappa shape index (κ3) is 1.92. The lowest BCUT2D eigenvalue weighted by molar-refractivity contribution is -0.0570. The number of methoxy groups -OCH3 is 3. The number of hydrogen-bond donors (Lipinski definition) is 1. The Morgan fingerprint density at radius 3 is 1.88 bits per heavy atom. The summed E-state index contributed by atoms with van der Waals surface area (Å²) >= 11 is 0. The number of ether oxygens (including phenoxy) is 4. The zero-order valence-electron chi connectivity index (χ0n) is 10.3. The molecule has 1 saturated heterocycles. The molecule has 17 heavy (non-hydrogen) atoms. The number of nitrogens with two attached hydrogens (primary N) is 1. The van der Waals surface area contributed by atoms with Crippen LogP contribution < -0.4 is 19.9 Å². The molecule has 1 aliphatic heterocycles. The largest absolute Gasteiger partial charge is 0.493 e. The first-order valence-corrected chi connectivity index (χ1v) is 5.31. The fourth-order valence-corrected chi connectivity index (χ4v) is 1.86. The average Bonchev–Trinajstić information content (AvgIpc) is 2.33. The summed E-state index contributed by atoms with van der Waals surface area (Å²) in [6.45, 7) is 1.01. The van der Waals surface area contributed by atoms with Crippen molar-refractivity contribution in [2.24, 2.45) is 5.73 Å². The summed E-state index contributed by atoms with van der Waals surface area (Å²) in [5.41, 5.74) is 6.66. The minimum atomic E-state index is -0.452. The predicted octanol–water partition coefficient (Wildman–Crippen LogP) is 0.897. The minimum absolute atomic E-state index is 0.452. The van der Waals surface area contributed by atoms with Gasteiger partial charge in [-0.2, -0.15) is 0 Å². The summed E-state index contributed by atoms with van der Waals surface area (Å²) in [5.74, 6) is 1.79. The average molecular weight is 239 g/mol. The lowest BCUT2D eigenvalue weighted by atomic mass is 9.89. The molecule has 0 atom stereocenters. The first-order chi connectivity index (χ1) is 8.14. The van der Waals surface area contributed by atoms with E-state index < -0.39 is 5.54 Å². The van der Waals surface area contributed by atoms with Crippen LogP contribution in [0.4, 0.5) is 0 Å². The molecule has 0 radical (unpaired) electrons. The molecule has 0 saturated carbocycles. The van der Waals surface area contributed by atoms with Crippen molar-refractivity contribution in [2.45, 2.75) is 5.54 Å². The summed E-state index contributed by atoms with van der Waals surface area (Å²) in [4.78, 5) is 0. The van der Waals surface area contributed by atoms with E-state index in [0.717, 1.165) is 5.56 Å². The van der Waals surface area contributed by atoms with Crippen molar-refractivity contribution in [1.82, 2.24) is 0 Å². The topological polar surface area (TPSA) is 62.9 Å². The second-order valence-electron chi connectivity index (χ2n) is 4.06. The first-order valence-electron chi connectivity index (χ1n) is 5.31. The molecule has 94 valence electrons. The van der Waals surface area contributed by atoms with Gasteiger partial charge in [0.05, 0.1) is 40.1 Å². The Morgan fingerprint density at radius 1 is 1.06 bits per heavy atom. The van der Waals surface area contributed by atoms with E-state index in [-0.39, 0.29) is 0 Å². The van der Waals surface area contributed by atoms with Gasteiger partial charge in [0, 0.05) is 0 Å². The van der Waals surface area contributed by atoms with Crippen LogP contribution in [-0.2, 0) is 10.3 Å². The minimum Gasteiger partial charge on any atom is -0.493 e. The van der Waals surface area contributed by atoms with Crippen LogP contribution >= 0.6 is 0 Å². The molecule has 1 aliphatic rings. The molecule has 0 bridgehead atoms. The molecule has 0 unspecified atom stereocenters. The van der Waals surface area contributed by atoms with E-state index in [1.807, 2.05) is 12.1 Å². The Balaban J connectivity index is 2.48. The Labute approximate surface area is 100 Å². The van der Waals surface area contributed by atoms with Crippen molar-refractivity contribution >= 4 is 0 Å². The smallest absolute Gasteiger partial charge is 0.203 e. The van der Waals surface area contributed by atoms with Gasteiger partial charge in [-0.15, -0.1) is 0 Å². The highest BCUT2D eigenvalue weighted by molar-refractivity contribution is 5.55. The van der Waals surface area contributed by atoms with E-state index in [0.29, 0.717) is 30.5 Å². The molecule has 0 amide bonds. The van der Waals surface area contributed by atoms with Crippen molar-refractivity contribution in [1.29, 1.82) is 0 Å². The third-order valence-electron chi connectivity index (χ3n) is 2.96. The Hall–Kier alpha value is -1.46. The van der Waals surface area contributed by atoms with E-state index in [2.05, 4.69) is 0 Å². The molecular formula is C12H17NO4. The fourth-order valence-electron chi connectivity index (χ4n) is 1.86. The van der Waals surface area contributed by atoms with Crippen LogP contribution in [0.15, 0.2) is 12.1 Å². The second-order valence-corrected chi connectivity index (χ2v) is 4.06. The van der Waals surface area contributed by atoms with Crippen LogP contribution in [-0.4, -0.2) is 34.5 Å². The molecule has 1 heterocycles. The van der Waals surface area contributed by atoms with Gasteiger partial charge in [-0.05, 0) is 17.7 Å². The van der Waals surface area contributed by atoms with E-state index in [1.165, 1.54) is 0 Å². The van der Waals surface area contributed by atoms with Crippen LogP contribution in [0.5, 0.6) is 17.2 Å². The quantitative estimate of drug-likeness (QED) is 0.845. The maximum Gasteiger partial charge on any atom is 0.203 e. The van der Waals surface area contributed by atoms with Crippen molar-refractivity contribution < 1.29 is 18.9 Å². The SMILES string of the molecule is COc1cc(C2(N)COC2)cc(OC)c1OC. The van der Waals surface area contributed by atoms with Crippen LogP contribution in [0.3, 0.4) is 0 Å². The number of benzene rings is 1. The molecule has 5 heteroatoms. The number of hydrogen-bond acceptors (Lipinski definition) is 5. The molecule has 1 aromatic carbocycles. The fraction of sp³-hybridized carbons (Fsp3) is 0.500. The summed E-state index contributed by atoms with van der Waals surface area (Å²) < 4.78 is 21.0. The van der Waals surface area contributed by atoms with Gasteiger partial charge in [0.15, 0.2) is 11.5 Å². The lowest BCUT2D eigenvalue weighted by Crippen LogP contribution is -2.54. The Kier molecular flexibility index (Phi) is 3.13.